The maximum Gasteiger partial charge on any atom is 0.305 e. The van der Waals surface area contributed by atoms with Gasteiger partial charge in [0, 0.05) is 0 Å². The van der Waals surface area contributed by atoms with E-state index in [4.69, 9.17) is 22.9 Å². The third-order valence-electron chi connectivity index (χ3n) is 5.87. The summed E-state index contributed by atoms with van der Waals surface area (Å²) >= 11 is 14.9. The van der Waals surface area contributed by atoms with E-state index in [1.54, 1.807) is 0 Å². The van der Waals surface area contributed by atoms with Crippen molar-refractivity contribution in [1.29, 1.82) is 0 Å². The van der Waals surface area contributed by atoms with E-state index in [9.17, 15) is 0 Å². The van der Waals surface area contributed by atoms with Crippen LogP contribution in [0.25, 0.3) is 0 Å². The quantitative estimate of drug-likeness (QED) is 0.236. The van der Waals surface area contributed by atoms with Gasteiger partial charge in [-0.1, -0.05) is 28.3 Å². The second-order valence-corrected chi connectivity index (χ2v) is 10.9. The summed E-state index contributed by atoms with van der Waals surface area (Å²) < 4.78 is 2.41. The van der Waals surface area contributed by atoms with E-state index in [-0.39, 0.29) is 0 Å². The summed E-state index contributed by atoms with van der Waals surface area (Å²) in [6, 6.07) is 3.40. The Morgan fingerprint density at radius 2 is 1.14 bits per heavy atom. The Kier molecular flexibility index (Phi) is 8.55. The Labute approximate surface area is 184 Å². The molecule has 0 saturated heterocycles. The third kappa shape index (κ3) is 4.90. The molecule has 0 aliphatic heterocycles. The van der Waals surface area contributed by atoms with E-state index in [1.165, 1.54) is 22.3 Å². The first-order valence-corrected chi connectivity index (χ1v) is 11.6. The average Bonchev–Trinajstić information content (AvgIpc) is 2.50. The normalized spacial score (nSPS) is 12.5. The van der Waals surface area contributed by atoms with Gasteiger partial charge in [0.1, 0.15) is 5.73 Å². The largest absolute Gasteiger partial charge is 0.349 e. The predicted octanol–water partition coefficient (Wildman–Crippen LogP) is 5.93. The van der Waals surface area contributed by atoms with Crippen LogP contribution in [-0.2, 0) is 0 Å². The van der Waals surface area contributed by atoms with Gasteiger partial charge in [0.15, 0.2) is 0 Å². The van der Waals surface area contributed by atoms with E-state index in [2.05, 4.69) is 98.6 Å². The highest BCUT2D eigenvalue weighted by Crippen LogP contribution is 2.28. The molecule has 0 aliphatic carbocycles. The van der Waals surface area contributed by atoms with Crippen molar-refractivity contribution in [3.05, 3.63) is 28.3 Å². The molecule has 0 atom stereocenters. The van der Waals surface area contributed by atoms with Gasteiger partial charge < -0.3 is 22.9 Å². The summed E-state index contributed by atoms with van der Waals surface area (Å²) in [4.78, 5) is 0.422. The molecule has 1 aromatic rings. The van der Waals surface area contributed by atoms with Crippen molar-refractivity contribution in [2.75, 3.05) is 0 Å². The van der Waals surface area contributed by atoms with Gasteiger partial charge in [-0.05, 0) is 83.1 Å². The molecule has 0 spiro atoms. The van der Waals surface area contributed by atoms with Crippen LogP contribution >= 0.6 is 22.9 Å². The lowest BCUT2D eigenvalue weighted by molar-refractivity contribution is -0.590. The molecule has 0 unspecified atom stereocenters. The van der Waals surface area contributed by atoms with E-state index >= 15 is 0 Å². The minimum absolute atomic E-state index is 0.292. The minimum atomic E-state index is -1.99. The van der Waals surface area contributed by atoms with Crippen molar-refractivity contribution in [3.8, 4) is 0 Å². The number of nitrogens with zero attached hydrogens (tertiary/aromatic N) is 2. The van der Waals surface area contributed by atoms with Crippen molar-refractivity contribution in [2.45, 2.75) is 107 Å². The Morgan fingerprint density at radius 3 is 1.43 bits per heavy atom. The van der Waals surface area contributed by atoms with Crippen LogP contribution in [-0.4, -0.2) is 44.4 Å². The van der Waals surface area contributed by atoms with E-state index in [0.29, 0.717) is 24.2 Å². The van der Waals surface area contributed by atoms with Crippen LogP contribution in [0.4, 0.5) is 0 Å². The molecule has 2 nitrogen and oxygen atoms in total. The molecule has 0 N–H and O–H groups in total. The lowest BCUT2D eigenvalue weighted by Crippen LogP contribution is -2.63. The highest BCUT2D eigenvalue weighted by Gasteiger charge is 2.43. The first-order valence-electron chi connectivity index (χ1n) is 10.7. The number of benzene rings is 1. The fraction of sp³-hybridized carbons (Fsp3) is 0.696. The van der Waals surface area contributed by atoms with E-state index < -0.39 is 4.98 Å². The van der Waals surface area contributed by atoms with Crippen LogP contribution in [0.1, 0.15) is 77.6 Å². The van der Waals surface area contributed by atoms with Crippen LogP contribution in [0.15, 0.2) is 6.07 Å². The zero-order chi connectivity index (χ0) is 22.1. The van der Waals surface area contributed by atoms with Crippen LogP contribution in [0, 0.1) is 27.7 Å². The average molecular weight is 427 g/mol. The van der Waals surface area contributed by atoms with Gasteiger partial charge in [-0.3, -0.25) is 9.48 Å². The number of amidine groups is 1. The van der Waals surface area contributed by atoms with E-state index in [0.717, 1.165) is 11.2 Å². The van der Waals surface area contributed by atoms with Gasteiger partial charge in [-0.15, -0.1) is 0 Å². The van der Waals surface area contributed by atoms with E-state index in [1.807, 2.05) is 0 Å². The second-order valence-electron chi connectivity index (χ2n) is 9.39. The summed E-state index contributed by atoms with van der Waals surface area (Å²) in [5, 5.41) is 0. The molecule has 0 fully saturated rings. The molecule has 0 aromatic heterocycles. The Bertz CT molecular complexity index is 690. The van der Waals surface area contributed by atoms with Crippen LogP contribution in [0.5, 0.6) is 0 Å². The zero-order valence-corrected chi connectivity index (χ0v) is 21.6. The molecule has 28 heavy (non-hydrogen) atoms. The Hall–Kier alpha value is -0.665. The molecule has 0 saturated carbocycles. The molecule has 0 radical (unpaired) electrons. The minimum Gasteiger partial charge on any atom is -0.349 e. The first kappa shape index (κ1) is 25.4. The van der Waals surface area contributed by atoms with Crippen molar-refractivity contribution in [3.63, 3.8) is 0 Å². The van der Waals surface area contributed by atoms with Gasteiger partial charge in [0.2, 0.25) is 0 Å². The monoisotopic (exact) mass is 426 g/mol. The molecule has 5 heteroatoms. The first-order chi connectivity index (χ1) is 12.7. The Morgan fingerprint density at radius 1 is 0.786 bits per heavy atom. The fourth-order valence-corrected chi connectivity index (χ4v) is 5.78. The van der Waals surface area contributed by atoms with Crippen LogP contribution < -0.4 is 5.46 Å². The number of rotatable bonds is 6. The summed E-state index contributed by atoms with van der Waals surface area (Å²) in [6.45, 7) is 26.4. The summed E-state index contributed by atoms with van der Waals surface area (Å²) in [6.07, 6.45) is 0. The lowest BCUT2D eigenvalue weighted by Gasteiger charge is -2.43. The third-order valence-corrected chi connectivity index (χ3v) is 6.69. The number of aryl methyl sites for hydroxylation is 2. The Balaban J connectivity index is 4.08. The van der Waals surface area contributed by atoms with Crippen molar-refractivity contribution < 1.29 is 4.58 Å². The number of halogens is 2. The van der Waals surface area contributed by atoms with Gasteiger partial charge >= 0.3 is 4.98 Å². The summed E-state index contributed by atoms with van der Waals surface area (Å²) in [7, 11) is 0. The fourth-order valence-electron chi connectivity index (χ4n) is 4.68. The van der Waals surface area contributed by atoms with Crippen LogP contribution in [0.3, 0.4) is 0 Å². The van der Waals surface area contributed by atoms with Gasteiger partial charge in [0.05, 0.1) is 24.2 Å². The smallest absolute Gasteiger partial charge is 0.305 e. The predicted molar refractivity (Wildman–Crippen MR) is 130 cm³/mol. The number of hydrogen-bond acceptors (Lipinski definition) is 0. The zero-order valence-electron chi connectivity index (χ0n) is 20.1. The lowest BCUT2D eigenvalue weighted by atomic mass is 9.59. The molecule has 160 valence electrons. The topological polar surface area (TPSA) is 6.25 Å². The van der Waals surface area contributed by atoms with Gasteiger partial charge in [-0.25, -0.2) is 0 Å². The highest BCUT2D eigenvalue weighted by atomic mass is 35.5. The second kappa shape index (κ2) is 9.43. The molecule has 0 aliphatic rings. The summed E-state index contributed by atoms with van der Waals surface area (Å²) in [5.74, 6) is 0. The van der Waals surface area contributed by atoms with Gasteiger partial charge in [-0.2, -0.15) is 5.46 Å². The number of hydrogen-bond donors (Lipinski definition) is 0. The van der Waals surface area contributed by atoms with Crippen molar-refractivity contribution in [2.24, 2.45) is 0 Å². The maximum absolute atomic E-state index is 7.46. The van der Waals surface area contributed by atoms with Crippen LogP contribution in [0.2, 0.25) is 0 Å². The molecular formula is C23H41BCl2N2. The maximum atomic E-state index is 7.46. The molecule has 0 amide bonds. The highest BCUT2D eigenvalue weighted by molar-refractivity contribution is 7.62. The molecule has 1 aromatic carbocycles. The SMILES string of the molecule is Cc1cc(C)c(C)c([B-](Cl)(Cl)C(N(C(C)C)C(C)C)=[N+](C(C)C)C(C)C)c1C. The van der Waals surface area contributed by atoms with Gasteiger partial charge in [0.25, 0.3) is 0 Å². The standard InChI is InChI=1S/C23H41BCl2N2/c1-14(2)27(15(3)4)23(28(16(5)6)17(7)8)24(25,26)22-20(11)18(9)13-19(10)21(22)12/h13-17H,1-12H3. The van der Waals surface area contributed by atoms with Crippen molar-refractivity contribution in [1.82, 2.24) is 4.90 Å². The molecule has 1 rings (SSSR count). The molecule has 0 heterocycles. The van der Waals surface area contributed by atoms with Crippen molar-refractivity contribution >= 4 is 39.1 Å². The summed E-state index contributed by atoms with van der Waals surface area (Å²) in [5.41, 5.74) is 7.02. The molecular weight excluding hydrogens is 386 g/mol. The molecule has 0 bridgehead atoms.